The summed E-state index contributed by atoms with van der Waals surface area (Å²) in [6.45, 7) is 5.72. The summed E-state index contributed by atoms with van der Waals surface area (Å²) < 4.78 is 1.92. The van der Waals surface area contributed by atoms with E-state index in [1.54, 1.807) is 6.07 Å². The first kappa shape index (κ1) is 12.6. The number of nitrogens with one attached hydrogen (secondary N) is 1. The van der Waals surface area contributed by atoms with Crippen LogP contribution >= 0.6 is 0 Å². The Morgan fingerprint density at radius 1 is 1.39 bits per heavy atom. The van der Waals surface area contributed by atoms with Crippen LogP contribution in [0.15, 0.2) is 36.7 Å². The van der Waals surface area contributed by atoms with E-state index in [1.807, 2.05) is 49.1 Å². The first-order valence-electron chi connectivity index (χ1n) is 6.17. The summed E-state index contributed by atoms with van der Waals surface area (Å²) in [5, 5.41) is 17.3. The van der Waals surface area contributed by atoms with Crippen molar-refractivity contribution in [2.45, 2.75) is 26.4 Å². The summed E-state index contributed by atoms with van der Waals surface area (Å²) in [5.74, 6) is 0.340. The molecule has 0 spiro atoms. The van der Waals surface area contributed by atoms with Gasteiger partial charge in [-0.25, -0.2) is 0 Å². The van der Waals surface area contributed by atoms with Gasteiger partial charge < -0.3 is 10.4 Å². The van der Waals surface area contributed by atoms with Gasteiger partial charge in [-0.2, -0.15) is 5.10 Å². The van der Waals surface area contributed by atoms with Gasteiger partial charge in [-0.1, -0.05) is 18.2 Å². The molecule has 1 aromatic heterocycles. The molecule has 2 aromatic rings. The fourth-order valence-electron chi connectivity index (χ4n) is 1.95. The second kappa shape index (κ2) is 5.69. The topological polar surface area (TPSA) is 50.1 Å². The van der Waals surface area contributed by atoms with Crippen molar-refractivity contribution < 1.29 is 5.11 Å². The second-order valence-corrected chi connectivity index (χ2v) is 4.52. The highest BCUT2D eigenvalue weighted by atomic mass is 16.3. The zero-order valence-electron chi connectivity index (χ0n) is 10.8. The first-order valence-corrected chi connectivity index (χ1v) is 6.17. The number of aryl methyl sites for hydroxylation is 1. The maximum Gasteiger partial charge on any atom is 0.120 e. The molecular formula is C14H19N3O. The molecule has 96 valence electrons. The van der Waals surface area contributed by atoms with Crippen LogP contribution in [0, 0.1) is 6.92 Å². The van der Waals surface area contributed by atoms with Gasteiger partial charge >= 0.3 is 0 Å². The number of nitrogens with zero attached hydrogens (tertiary/aromatic N) is 2. The van der Waals surface area contributed by atoms with Gasteiger partial charge in [-0.3, -0.25) is 4.68 Å². The maximum absolute atomic E-state index is 9.74. The number of hydrogen-bond acceptors (Lipinski definition) is 3. The van der Waals surface area contributed by atoms with Crippen LogP contribution < -0.4 is 5.32 Å². The summed E-state index contributed by atoms with van der Waals surface area (Å²) in [6.07, 6.45) is 3.87. The van der Waals surface area contributed by atoms with Gasteiger partial charge in [0.2, 0.25) is 0 Å². The van der Waals surface area contributed by atoms with Gasteiger partial charge in [0.05, 0.1) is 12.7 Å². The number of para-hydroxylation sites is 1. The van der Waals surface area contributed by atoms with E-state index in [0.29, 0.717) is 5.75 Å². The lowest BCUT2D eigenvalue weighted by molar-refractivity contribution is 0.446. The Bertz CT molecular complexity index is 507. The quantitative estimate of drug-likeness (QED) is 0.849. The van der Waals surface area contributed by atoms with Crippen LogP contribution in [0.1, 0.15) is 24.1 Å². The highest BCUT2D eigenvalue weighted by molar-refractivity contribution is 5.34. The Labute approximate surface area is 107 Å². The van der Waals surface area contributed by atoms with Crippen molar-refractivity contribution in [3.8, 4) is 5.75 Å². The van der Waals surface area contributed by atoms with Crippen LogP contribution in [0.4, 0.5) is 0 Å². The number of aromatic nitrogens is 2. The first-order chi connectivity index (χ1) is 8.66. The van der Waals surface area contributed by atoms with E-state index in [9.17, 15) is 5.11 Å². The van der Waals surface area contributed by atoms with E-state index in [0.717, 1.165) is 18.7 Å². The van der Waals surface area contributed by atoms with Crippen LogP contribution in [0.25, 0.3) is 0 Å². The van der Waals surface area contributed by atoms with Crippen molar-refractivity contribution in [1.29, 1.82) is 0 Å². The van der Waals surface area contributed by atoms with Gasteiger partial charge in [0.15, 0.2) is 0 Å². The number of phenols is 1. The number of rotatable bonds is 5. The van der Waals surface area contributed by atoms with Crippen LogP contribution in [0.3, 0.4) is 0 Å². The molecule has 0 bridgehead atoms. The largest absolute Gasteiger partial charge is 0.508 e. The van der Waals surface area contributed by atoms with Gasteiger partial charge in [0.25, 0.3) is 0 Å². The predicted molar refractivity (Wildman–Crippen MR) is 71.5 cm³/mol. The lowest BCUT2D eigenvalue weighted by Gasteiger charge is -2.15. The molecule has 4 heteroatoms. The molecule has 2 rings (SSSR count). The summed E-state index contributed by atoms with van der Waals surface area (Å²) in [6, 6.07) is 7.54. The van der Waals surface area contributed by atoms with Gasteiger partial charge in [-0.15, -0.1) is 0 Å². The summed E-state index contributed by atoms with van der Waals surface area (Å²) in [7, 11) is 0. The van der Waals surface area contributed by atoms with Crippen LogP contribution in [0.2, 0.25) is 0 Å². The third kappa shape index (κ3) is 3.11. The zero-order chi connectivity index (χ0) is 13.0. The molecule has 1 heterocycles. The molecule has 0 saturated heterocycles. The Morgan fingerprint density at radius 2 is 2.17 bits per heavy atom. The molecular weight excluding hydrogens is 226 g/mol. The smallest absolute Gasteiger partial charge is 0.120 e. The normalized spacial score (nSPS) is 12.6. The summed E-state index contributed by atoms with van der Waals surface area (Å²) >= 11 is 0. The third-order valence-electron chi connectivity index (χ3n) is 2.96. The Kier molecular flexibility index (Phi) is 3.99. The molecule has 0 radical (unpaired) electrons. The molecule has 1 atom stereocenters. The van der Waals surface area contributed by atoms with Crippen molar-refractivity contribution in [2.24, 2.45) is 0 Å². The zero-order valence-corrected chi connectivity index (χ0v) is 10.8. The van der Waals surface area contributed by atoms with E-state index >= 15 is 0 Å². The van der Waals surface area contributed by atoms with Gasteiger partial charge in [-0.05, 0) is 25.5 Å². The molecule has 0 saturated carbocycles. The van der Waals surface area contributed by atoms with Crippen LogP contribution in [-0.4, -0.2) is 21.4 Å². The Hall–Kier alpha value is -1.81. The van der Waals surface area contributed by atoms with Gasteiger partial charge in [0, 0.05) is 24.3 Å². The average Bonchev–Trinajstić information content (AvgIpc) is 2.75. The molecule has 1 unspecified atom stereocenters. The monoisotopic (exact) mass is 245 g/mol. The van der Waals surface area contributed by atoms with E-state index in [1.165, 1.54) is 5.56 Å². The molecule has 0 fully saturated rings. The molecule has 4 nitrogen and oxygen atoms in total. The van der Waals surface area contributed by atoms with Crippen molar-refractivity contribution in [2.75, 3.05) is 6.54 Å². The van der Waals surface area contributed by atoms with E-state index in [2.05, 4.69) is 10.4 Å². The maximum atomic E-state index is 9.74. The van der Waals surface area contributed by atoms with Gasteiger partial charge in [0.1, 0.15) is 5.75 Å². The van der Waals surface area contributed by atoms with Crippen LogP contribution in [-0.2, 0) is 6.54 Å². The Balaban J connectivity index is 1.85. The van der Waals surface area contributed by atoms with Crippen LogP contribution in [0.5, 0.6) is 5.75 Å². The fraction of sp³-hybridized carbons (Fsp3) is 0.357. The highest BCUT2D eigenvalue weighted by Crippen LogP contribution is 2.22. The minimum Gasteiger partial charge on any atom is -0.508 e. The highest BCUT2D eigenvalue weighted by Gasteiger charge is 2.08. The van der Waals surface area contributed by atoms with Crippen molar-refractivity contribution in [3.05, 3.63) is 47.8 Å². The molecule has 2 N–H and O–H groups in total. The molecule has 0 aliphatic rings. The lowest BCUT2D eigenvalue weighted by Crippen LogP contribution is -2.23. The second-order valence-electron chi connectivity index (χ2n) is 4.52. The SMILES string of the molecule is Cc1cnn(CCNC(C)c2ccccc2O)c1. The van der Waals surface area contributed by atoms with Crippen molar-refractivity contribution >= 4 is 0 Å². The summed E-state index contributed by atoms with van der Waals surface area (Å²) in [5.41, 5.74) is 2.10. The Morgan fingerprint density at radius 3 is 2.83 bits per heavy atom. The lowest BCUT2D eigenvalue weighted by atomic mass is 10.1. The summed E-state index contributed by atoms with van der Waals surface area (Å²) in [4.78, 5) is 0. The van der Waals surface area contributed by atoms with E-state index < -0.39 is 0 Å². The third-order valence-corrected chi connectivity index (χ3v) is 2.96. The molecule has 0 amide bonds. The van der Waals surface area contributed by atoms with E-state index in [4.69, 9.17) is 0 Å². The number of aromatic hydroxyl groups is 1. The number of hydrogen-bond donors (Lipinski definition) is 2. The van der Waals surface area contributed by atoms with Crippen molar-refractivity contribution in [3.63, 3.8) is 0 Å². The number of phenolic OH excluding ortho intramolecular Hbond substituents is 1. The number of benzene rings is 1. The van der Waals surface area contributed by atoms with E-state index in [-0.39, 0.29) is 6.04 Å². The standard InChI is InChI=1S/C14H19N3O/c1-11-9-16-17(10-11)8-7-15-12(2)13-5-3-4-6-14(13)18/h3-6,9-10,12,15,18H,7-8H2,1-2H3. The minimum atomic E-state index is 0.128. The average molecular weight is 245 g/mol. The molecule has 1 aromatic carbocycles. The minimum absolute atomic E-state index is 0.128. The predicted octanol–water partition coefficient (Wildman–Crippen LogP) is 2.25. The molecule has 0 aliphatic carbocycles. The van der Waals surface area contributed by atoms with Crippen molar-refractivity contribution in [1.82, 2.24) is 15.1 Å². The molecule has 18 heavy (non-hydrogen) atoms. The molecule has 0 aliphatic heterocycles. The fourth-order valence-corrected chi connectivity index (χ4v) is 1.95.